The van der Waals surface area contributed by atoms with Gasteiger partial charge >= 0.3 is 5.97 Å². The van der Waals surface area contributed by atoms with Gasteiger partial charge in [-0.1, -0.05) is 62.4 Å². The Kier molecular flexibility index (Phi) is 6.10. The molecule has 4 nitrogen and oxygen atoms in total. The van der Waals surface area contributed by atoms with E-state index >= 15 is 0 Å². The van der Waals surface area contributed by atoms with E-state index in [2.05, 4.69) is 30.9 Å². The van der Waals surface area contributed by atoms with Crippen LogP contribution in [0.15, 0.2) is 78.9 Å². The summed E-state index contributed by atoms with van der Waals surface area (Å²) in [5, 5.41) is 9.65. The number of likely N-dealkylation sites (tertiary alicyclic amines) is 1. The molecule has 2 unspecified atom stereocenters. The first-order valence-corrected chi connectivity index (χ1v) is 10.8. The molecule has 0 radical (unpaired) electrons. The molecule has 3 aromatic rings. The smallest absolute Gasteiger partial charge is 0.335 e. The Morgan fingerprint density at radius 1 is 1.03 bits per heavy atom. The number of carboxylic acid groups (broad SMARTS) is 1. The van der Waals surface area contributed by atoms with Crippen LogP contribution < -0.4 is 4.74 Å². The van der Waals surface area contributed by atoms with Crippen LogP contribution in [-0.2, 0) is 12.0 Å². The molecular weight excluding hydrogens is 386 g/mol. The van der Waals surface area contributed by atoms with Crippen LogP contribution in [0.3, 0.4) is 0 Å². The van der Waals surface area contributed by atoms with Gasteiger partial charge in [0.25, 0.3) is 0 Å². The summed E-state index contributed by atoms with van der Waals surface area (Å²) in [6.45, 7) is 7.16. The summed E-state index contributed by atoms with van der Waals surface area (Å²) in [7, 11) is 0. The van der Waals surface area contributed by atoms with Crippen LogP contribution in [0, 0.1) is 5.92 Å². The van der Waals surface area contributed by atoms with E-state index in [1.165, 1.54) is 5.56 Å². The first kappa shape index (κ1) is 21.1. The van der Waals surface area contributed by atoms with Crippen LogP contribution in [0.5, 0.6) is 11.5 Å². The summed E-state index contributed by atoms with van der Waals surface area (Å²) in [6.07, 6.45) is 0.929. The molecule has 31 heavy (non-hydrogen) atoms. The lowest BCUT2D eigenvalue weighted by Gasteiger charge is -2.45. The van der Waals surface area contributed by atoms with Crippen molar-refractivity contribution in [2.75, 3.05) is 13.1 Å². The number of aromatic carboxylic acids is 1. The Balaban J connectivity index is 1.45. The number of piperidine rings is 1. The molecule has 1 aliphatic heterocycles. The molecule has 0 saturated carbocycles. The largest absolute Gasteiger partial charge is 0.478 e. The zero-order valence-electron chi connectivity index (χ0n) is 18.1. The number of benzene rings is 3. The van der Waals surface area contributed by atoms with Gasteiger partial charge in [0.2, 0.25) is 0 Å². The lowest BCUT2D eigenvalue weighted by molar-refractivity contribution is 0.0683. The van der Waals surface area contributed by atoms with E-state index in [0.29, 0.717) is 11.5 Å². The van der Waals surface area contributed by atoms with Gasteiger partial charge in [0.05, 0.1) is 5.56 Å². The molecule has 0 amide bonds. The van der Waals surface area contributed by atoms with Gasteiger partial charge in [0.1, 0.15) is 11.5 Å². The van der Waals surface area contributed by atoms with Crippen molar-refractivity contribution in [3.05, 3.63) is 95.6 Å². The van der Waals surface area contributed by atoms with Crippen molar-refractivity contribution in [2.45, 2.75) is 32.2 Å². The van der Waals surface area contributed by atoms with Crippen molar-refractivity contribution in [1.29, 1.82) is 0 Å². The highest BCUT2D eigenvalue weighted by Gasteiger charge is 2.40. The first-order chi connectivity index (χ1) is 15.0. The van der Waals surface area contributed by atoms with Gasteiger partial charge in [-0.25, -0.2) is 4.79 Å². The second-order valence-corrected chi connectivity index (χ2v) is 8.72. The van der Waals surface area contributed by atoms with E-state index in [1.54, 1.807) is 12.1 Å². The van der Waals surface area contributed by atoms with Crippen molar-refractivity contribution >= 4 is 5.97 Å². The summed E-state index contributed by atoms with van der Waals surface area (Å²) in [5.74, 6) is 1.17. The molecule has 1 heterocycles. The summed E-state index contributed by atoms with van der Waals surface area (Å²) < 4.78 is 5.98. The minimum atomic E-state index is -0.846. The maximum Gasteiger partial charge on any atom is 0.335 e. The van der Waals surface area contributed by atoms with Crippen LogP contribution in [0.2, 0.25) is 0 Å². The number of nitrogens with zero attached hydrogens (tertiary/aromatic N) is 1. The lowest BCUT2D eigenvalue weighted by atomic mass is 9.66. The SMILES string of the molecule is CC1CN(Cc2cccc(Oc3ccccc3)c2)CCC1(C)c1ccccc1C(=O)O. The van der Waals surface area contributed by atoms with E-state index in [1.807, 2.05) is 54.6 Å². The predicted octanol–water partition coefficient (Wildman–Crippen LogP) is 5.98. The van der Waals surface area contributed by atoms with Crippen molar-refractivity contribution in [2.24, 2.45) is 5.92 Å². The molecule has 0 aliphatic carbocycles. The number of hydrogen-bond donors (Lipinski definition) is 1. The number of hydrogen-bond acceptors (Lipinski definition) is 3. The molecule has 1 fully saturated rings. The van der Waals surface area contributed by atoms with Crippen LogP contribution in [0.1, 0.15) is 41.8 Å². The van der Waals surface area contributed by atoms with E-state index < -0.39 is 5.97 Å². The van der Waals surface area contributed by atoms with Crippen molar-refractivity contribution in [3.63, 3.8) is 0 Å². The average Bonchev–Trinajstić information content (AvgIpc) is 2.77. The first-order valence-electron chi connectivity index (χ1n) is 10.8. The molecule has 1 aliphatic rings. The van der Waals surface area contributed by atoms with E-state index in [0.717, 1.165) is 43.1 Å². The molecule has 0 aromatic heterocycles. The third-order valence-electron chi connectivity index (χ3n) is 6.62. The van der Waals surface area contributed by atoms with E-state index in [9.17, 15) is 9.90 Å². The van der Waals surface area contributed by atoms with Crippen molar-refractivity contribution in [3.8, 4) is 11.5 Å². The fourth-order valence-electron chi connectivity index (χ4n) is 4.62. The zero-order chi connectivity index (χ0) is 21.8. The topological polar surface area (TPSA) is 49.8 Å². The number of ether oxygens (including phenoxy) is 1. The van der Waals surface area contributed by atoms with Crippen molar-refractivity contribution < 1.29 is 14.6 Å². The van der Waals surface area contributed by atoms with Gasteiger partial charge in [-0.2, -0.15) is 0 Å². The van der Waals surface area contributed by atoms with E-state index in [4.69, 9.17) is 4.74 Å². The standard InChI is InChI=1S/C27H29NO3/c1-20-18-28(16-15-27(20,2)25-14-7-6-13-24(25)26(29)30)19-21-9-8-12-23(17-21)31-22-10-4-3-5-11-22/h3-14,17,20H,15-16,18-19H2,1-2H3,(H,29,30). The molecule has 3 aromatic carbocycles. The Hall–Kier alpha value is -3.11. The molecule has 1 saturated heterocycles. The van der Waals surface area contributed by atoms with Gasteiger partial charge < -0.3 is 9.84 Å². The summed E-state index contributed by atoms with van der Waals surface area (Å²) >= 11 is 0. The number of carbonyl (C=O) groups is 1. The fraction of sp³-hybridized carbons (Fsp3) is 0.296. The zero-order valence-corrected chi connectivity index (χ0v) is 18.1. The summed E-state index contributed by atoms with van der Waals surface area (Å²) in [6, 6.07) is 25.5. The molecule has 4 rings (SSSR count). The number of rotatable bonds is 6. The Morgan fingerprint density at radius 2 is 1.74 bits per heavy atom. The minimum Gasteiger partial charge on any atom is -0.478 e. The molecule has 0 spiro atoms. The van der Waals surface area contributed by atoms with Crippen LogP contribution in [0.25, 0.3) is 0 Å². The second-order valence-electron chi connectivity index (χ2n) is 8.72. The second kappa shape index (κ2) is 8.94. The average molecular weight is 416 g/mol. The van der Waals surface area contributed by atoms with Gasteiger partial charge in [-0.3, -0.25) is 4.90 Å². The third kappa shape index (κ3) is 4.64. The van der Waals surface area contributed by atoms with Gasteiger partial charge in [-0.15, -0.1) is 0 Å². The predicted molar refractivity (Wildman–Crippen MR) is 123 cm³/mol. The quantitative estimate of drug-likeness (QED) is 0.538. The molecule has 4 heteroatoms. The molecule has 2 atom stereocenters. The Labute approximate surface area is 184 Å². The maximum atomic E-state index is 11.8. The van der Waals surface area contributed by atoms with E-state index in [-0.39, 0.29) is 5.41 Å². The highest BCUT2D eigenvalue weighted by molar-refractivity contribution is 5.89. The van der Waals surface area contributed by atoms with Gasteiger partial charge in [-0.05, 0) is 65.8 Å². The Morgan fingerprint density at radius 3 is 2.48 bits per heavy atom. The highest BCUT2D eigenvalue weighted by Crippen LogP contribution is 2.41. The lowest BCUT2D eigenvalue weighted by Crippen LogP contribution is -2.47. The summed E-state index contributed by atoms with van der Waals surface area (Å²) in [4.78, 5) is 14.2. The van der Waals surface area contributed by atoms with Gasteiger partial charge in [0.15, 0.2) is 0 Å². The van der Waals surface area contributed by atoms with Crippen LogP contribution in [0.4, 0.5) is 0 Å². The highest BCUT2D eigenvalue weighted by atomic mass is 16.5. The molecular formula is C27H29NO3. The molecule has 0 bridgehead atoms. The van der Waals surface area contributed by atoms with Gasteiger partial charge in [0, 0.05) is 13.1 Å². The van der Waals surface area contributed by atoms with Crippen LogP contribution in [-0.4, -0.2) is 29.1 Å². The summed E-state index contributed by atoms with van der Waals surface area (Å²) in [5.41, 5.74) is 2.45. The fourth-order valence-corrected chi connectivity index (χ4v) is 4.62. The molecule has 160 valence electrons. The minimum absolute atomic E-state index is 0.149. The maximum absolute atomic E-state index is 11.8. The third-order valence-corrected chi connectivity index (χ3v) is 6.62. The molecule has 1 N–H and O–H groups in total. The normalized spacial score (nSPS) is 21.5. The number of carboxylic acids is 1. The van der Waals surface area contributed by atoms with Crippen molar-refractivity contribution in [1.82, 2.24) is 4.90 Å². The Bertz CT molecular complexity index is 1050. The number of para-hydroxylation sites is 1. The monoisotopic (exact) mass is 415 g/mol. The van der Waals surface area contributed by atoms with Crippen LogP contribution >= 0.6 is 0 Å².